The summed E-state index contributed by atoms with van der Waals surface area (Å²) in [6.45, 7) is 1.87. The zero-order chi connectivity index (χ0) is 12.1. The summed E-state index contributed by atoms with van der Waals surface area (Å²) >= 11 is 0. The maximum absolute atomic E-state index is 13.0. The highest BCUT2D eigenvalue weighted by molar-refractivity contribution is 5.94. The van der Waals surface area contributed by atoms with Gasteiger partial charge in [-0.1, -0.05) is 0 Å². The Morgan fingerprint density at radius 3 is 2.71 bits per heavy atom. The Morgan fingerprint density at radius 2 is 2.18 bits per heavy atom. The molecule has 0 saturated heterocycles. The molecule has 1 rings (SSSR count). The molecular weight excluding hydrogens is 247 g/mol. The molecule has 0 aliphatic rings. The number of benzene rings is 1. The van der Waals surface area contributed by atoms with Gasteiger partial charge in [0.2, 0.25) is 5.91 Å². The van der Waals surface area contributed by atoms with E-state index in [1.807, 2.05) is 0 Å². The number of hydrogen-bond acceptors (Lipinski definition) is 3. The van der Waals surface area contributed by atoms with Crippen molar-refractivity contribution in [3.63, 3.8) is 0 Å². The number of carbonyl (C=O) groups is 1. The molecule has 0 aliphatic heterocycles. The number of carbonyl (C=O) groups excluding carboxylic acids is 1. The number of nitrogens with one attached hydrogen (secondary N) is 1. The first-order valence-corrected chi connectivity index (χ1v) is 4.85. The van der Waals surface area contributed by atoms with Crippen molar-refractivity contribution in [2.45, 2.75) is 13.0 Å². The third-order valence-corrected chi connectivity index (χ3v) is 1.99. The lowest BCUT2D eigenvalue weighted by molar-refractivity contribution is -0.118. The molecule has 1 amide bonds. The van der Waals surface area contributed by atoms with Crippen LogP contribution in [0.3, 0.4) is 0 Å². The predicted octanol–water partition coefficient (Wildman–Crippen LogP) is 1.47. The van der Waals surface area contributed by atoms with E-state index in [9.17, 15) is 9.18 Å². The van der Waals surface area contributed by atoms with Crippen molar-refractivity contribution in [3.8, 4) is 0 Å². The van der Waals surface area contributed by atoms with Crippen LogP contribution in [0.25, 0.3) is 0 Å². The van der Waals surface area contributed by atoms with Crippen molar-refractivity contribution in [2.24, 2.45) is 5.73 Å². The summed E-state index contributed by atoms with van der Waals surface area (Å²) in [5, 5.41) is 2.52. The van der Waals surface area contributed by atoms with Crippen LogP contribution >= 0.6 is 12.4 Å². The van der Waals surface area contributed by atoms with Gasteiger partial charge in [-0.3, -0.25) is 4.79 Å². The SMILES string of the molecule is COCC(N)C(=O)Nc1cc(C)cc(F)c1.Cl. The van der Waals surface area contributed by atoms with Gasteiger partial charge in [-0.15, -0.1) is 12.4 Å². The standard InChI is InChI=1S/C11H15FN2O2.ClH/c1-7-3-8(12)5-9(4-7)14-11(15)10(13)6-16-2;/h3-5,10H,6,13H2,1-2H3,(H,14,15);1H. The monoisotopic (exact) mass is 262 g/mol. The quantitative estimate of drug-likeness (QED) is 0.864. The summed E-state index contributed by atoms with van der Waals surface area (Å²) in [7, 11) is 1.46. The van der Waals surface area contributed by atoms with Gasteiger partial charge in [-0.25, -0.2) is 4.39 Å². The topological polar surface area (TPSA) is 64.3 Å². The zero-order valence-electron chi connectivity index (χ0n) is 9.70. The molecule has 0 bridgehead atoms. The minimum absolute atomic E-state index is 0. The Labute approximate surface area is 106 Å². The van der Waals surface area contributed by atoms with Gasteiger partial charge >= 0.3 is 0 Å². The smallest absolute Gasteiger partial charge is 0.243 e. The van der Waals surface area contributed by atoms with E-state index in [1.165, 1.54) is 19.2 Å². The van der Waals surface area contributed by atoms with E-state index < -0.39 is 17.8 Å². The lowest BCUT2D eigenvalue weighted by Crippen LogP contribution is -2.39. The van der Waals surface area contributed by atoms with E-state index >= 15 is 0 Å². The maximum Gasteiger partial charge on any atom is 0.243 e. The number of nitrogens with two attached hydrogens (primary N) is 1. The van der Waals surface area contributed by atoms with Crippen LogP contribution < -0.4 is 11.1 Å². The van der Waals surface area contributed by atoms with Crippen LogP contribution in [-0.2, 0) is 9.53 Å². The van der Waals surface area contributed by atoms with E-state index in [-0.39, 0.29) is 19.0 Å². The summed E-state index contributed by atoms with van der Waals surface area (Å²) in [5.74, 6) is -0.789. The van der Waals surface area contributed by atoms with Crippen LogP contribution in [0.2, 0.25) is 0 Å². The van der Waals surface area contributed by atoms with Gasteiger partial charge in [0, 0.05) is 12.8 Å². The Hall–Kier alpha value is -1.17. The molecule has 0 aromatic heterocycles. The zero-order valence-corrected chi connectivity index (χ0v) is 10.5. The molecule has 0 fully saturated rings. The van der Waals surface area contributed by atoms with Gasteiger partial charge in [0.05, 0.1) is 6.61 Å². The lowest BCUT2D eigenvalue weighted by Gasteiger charge is -2.11. The van der Waals surface area contributed by atoms with Crippen LogP contribution in [0.4, 0.5) is 10.1 Å². The van der Waals surface area contributed by atoms with Crippen molar-refractivity contribution in [1.29, 1.82) is 0 Å². The van der Waals surface area contributed by atoms with Gasteiger partial charge in [0.25, 0.3) is 0 Å². The first kappa shape index (κ1) is 15.8. The molecule has 1 aromatic carbocycles. The molecule has 0 spiro atoms. The summed E-state index contributed by atoms with van der Waals surface area (Å²) in [6, 6.07) is 3.53. The average molecular weight is 263 g/mol. The molecule has 0 heterocycles. The summed E-state index contributed by atoms with van der Waals surface area (Å²) in [6.07, 6.45) is 0. The highest BCUT2D eigenvalue weighted by Gasteiger charge is 2.13. The summed E-state index contributed by atoms with van der Waals surface area (Å²) in [5.41, 5.74) is 6.65. The molecular formula is C11H16ClFN2O2. The van der Waals surface area contributed by atoms with Crippen molar-refractivity contribution < 1.29 is 13.9 Å². The number of methoxy groups -OCH3 is 1. The molecule has 0 radical (unpaired) electrons. The van der Waals surface area contributed by atoms with Gasteiger partial charge in [0.15, 0.2) is 0 Å². The highest BCUT2D eigenvalue weighted by Crippen LogP contribution is 2.13. The van der Waals surface area contributed by atoms with Gasteiger partial charge in [-0.05, 0) is 30.7 Å². The Kier molecular flexibility index (Phi) is 6.72. The predicted molar refractivity (Wildman–Crippen MR) is 66.9 cm³/mol. The van der Waals surface area contributed by atoms with E-state index in [1.54, 1.807) is 13.0 Å². The Morgan fingerprint density at radius 1 is 1.53 bits per heavy atom. The van der Waals surface area contributed by atoms with E-state index in [0.717, 1.165) is 5.56 Å². The Balaban J connectivity index is 0.00000256. The third-order valence-electron chi connectivity index (χ3n) is 1.99. The Bertz CT molecular complexity index is 367. The van der Waals surface area contributed by atoms with Crippen LogP contribution in [0.5, 0.6) is 0 Å². The average Bonchev–Trinajstić information content (AvgIpc) is 2.16. The second kappa shape index (κ2) is 7.21. The van der Waals surface area contributed by atoms with E-state index in [2.05, 4.69) is 5.32 Å². The van der Waals surface area contributed by atoms with Gasteiger partial charge in [-0.2, -0.15) is 0 Å². The number of ether oxygens (including phenoxy) is 1. The fourth-order valence-corrected chi connectivity index (χ4v) is 1.30. The van der Waals surface area contributed by atoms with Crippen LogP contribution in [0.15, 0.2) is 18.2 Å². The highest BCUT2D eigenvalue weighted by atomic mass is 35.5. The molecule has 4 nitrogen and oxygen atoms in total. The number of aryl methyl sites for hydroxylation is 1. The number of rotatable bonds is 4. The third kappa shape index (κ3) is 5.12. The fourth-order valence-electron chi connectivity index (χ4n) is 1.30. The molecule has 1 unspecified atom stereocenters. The molecule has 1 atom stereocenters. The molecule has 6 heteroatoms. The molecule has 17 heavy (non-hydrogen) atoms. The lowest BCUT2D eigenvalue weighted by atomic mass is 10.2. The normalized spacial score (nSPS) is 11.5. The van der Waals surface area contributed by atoms with Gasteiger partial charge < -0.3 is 15.8 Å². The maximum atomic E-state index is 13.0. The van der Waals surface area contributed by atoms with E-state index in [0.29, 0.717) is 5.69 Å². The van der Waals surface area contributed by atoms with E-state index in [4.69, 9.17) is 10.5 Å². The molecule has 0 saturated carbocycles. The number of halogens is 2. The second-order valence-electron chi connectivity index (χ2n) is 3.57. The summed E-state index contributed by atoms with van der Waals surface area (Å²) in [4.78, 5) is 11.5. The summed E-state index contributed by atoms with van der Waals surface area (Å²) < 4.78 is 17.8. The van der Waals surface area contributed by atoms with Crippen molar-refractivity contribution >= 4 is 24.0 Å². The minimum atomic E-state index is -0.756. The first-order chi connectivity index (χ1) is 7.52. The van der Waals surface area contributed by atoms with Crippen molar-refractivity contribution in [2.75, 3.05) is 19.0 Å². The number of hydrogen-bond donors (Lipinski definition) is 2. The number of anilines is 1. The molecule has 3 N–H and O–H groups in total. The fraction of sp³-hybridized carbons (Fsp3) is 0.364. The molecule has 96 valence electrons. The van der Waals surface area contributed by atoms with Crippen molar-refractivity contribution in [1.82, 2.24) is 0 Å². The number of amides is 1. The minimum Gasteiger partial charge on any atom is -0.383 e. The molecule has 0 aliphatic carbocycles. The molecule has 1 aromatic rings. The largest absolute Gasteiger partial charge is 0.383 e. The van der Waals surface area contributed by atoms with Crippen LogP contribution in [-0.4, -0.2) is 25.7 Å². The second-order valence-corrected chi connectivity index (χ2v) is 3.57. The van der Waals surface area contributed by atoms with Crippen LogP contribution in [0, 0.1) is 12.7 Å². The van der Waals surface area contributed by atoms with Crippen molar-refractivity contribution in [3.05, 3.63) is 29.6 Å². The van der Waals surface area contributed by atoms with Crippen LogP contribution in [0.1, 0.15) is 5.56 Å². The first-order valence-electron chi connectivity index (χ1n) is 4.85. The van der Waals surface area contributed by atoms with Gasteiger partial charge in [0.1, 0.15) is 11.9 Å².